The van der Waals surface area contributed by atoms with Gasteiger partial charge in [-0.3, -0.25) is 4.79 Å². The number of aliphatic hydroxyl groups excluding tert-OH is 1. The molecule has 0 spiro atoms. The van der Waals surface area contributed by atoms with Crippen molar-refractivity contribution >= 4 is 21.7 Å². The molecule has 0 saturated carbocycles. The highest BCUT2D eigenvalue weighted by Crippen LogP contribution is 2.23. The smallest absolute Gasteiger partial charge is 0.135 e. The number of benzene rings is 1. The number of halogens is 1. The maximum atomic E-state index is 11.1. The van der Waals surface area contributed by atoms with Crippen LogP contribution in [0.5, 0.6) is 0 Å². The number of carbonyl (C=O) groups is 1. The van der Waals surface area contributed by atoms with Gasteiger partial charge in [-0.05, 0) is 24.6 Å². The van der Waals surface area contributed by atoms with Gasteiger partial charge in [-0.25, -0.2) is 0 Å². The average molecular weight is 257 g/mol. The summed E-state index contributed by atoms with van der Waals surface area (Å²) in [5.41, 5.74) is 0.774. The van der Waals surface area contributed by atoms with Gasteiger partial charge < -0.3 is 5.11 Å². The summed E-state index contributed by atoms with van der Waals surface area (Å²) in [7, 11) is 0. The van der Waals surface area contributed by atoms with E-state index in [0.29, 0.717) is 0 Å². The summed E-state index contributed by atoms with van der Waals surface area (Å²) in [5.74, 6) is -0.350. The average Bonchev–Trinajstić information content (AvgIpc) is 2.16. The Morgan fingerprint density at radius 1 is 1.36 bits per heavy atom. The summed E-state index contributed by atoms with van der Waals surface area (Å²) < 4.78 is 0.962. The molecule has 0 bridgehead atoms. The Morgan fingerprint density at radius 3 is 2.29 bits per heavy atom. The van der Waals surface area contributed by atoms with E-state index in [0.717, 1.165) is 10.0 Å². The van der Waals surface area contributed by atoms with Gasteiger partial charge in [-0.1, -0.05) is 35.0 Å². The lowest BCUT2D eigenvalue weighted by Crippen LogP contribution is -2.16. The normalized spacial score (nSPS) is 14.9. The first-order chi connectivity index (χ1) is 6.52. The van der Waals surface area contributed by atoms with E-state index in [1.165, 1.54) is 6.92 Å². The van der Waals surface area contributed by atoms with Crippen molar-refractivity contribution in [2.75, 3.05) is 0 Å². The standard InChI is InChI=1S/C11H13BrO2/c1-7(8(2)13)11(14)9-3-5-10(12)6-4-9/h3-7,11,14H,1-2H3/t7-,11-/m1/s1. The minimum Gasteiger partial charge on any atom is -0.388 e. The quantitative estimate of drug-likeness (QED) is 0.903. The Hall–Kier alpha value is -0.670. The second kappa shape index (κ2) is 4.71. The van der Waals surface area contributed by atoms with Crippen molar-refractivity contribution in [1.82, 2.24) is 0 Å². The molecule has 0 aliphatic rings. The highest BCUT2D eigenvalue weighted by molar-refractivity contribution is 9.10. The Morgan fingerprint density at radius 2 is 1.86 bits per heavy atom. The maximum Gasteiger partial charge on any atom is 0.135 e. The highest BCUT2D eigenvalue weighted by Gasteiger charge is 2.19. The SMILES string of the molecule is CC(=O)[C@@H](C)[C@@H](O)c1ccc(Br)cc1. The molecular formula is C11H13BrO2. The van der Waals surface area contributed by atoms with E-state index in [-0.39, 0.29) is 11.7 Å². The van der Waals surface area contributed by atoms with Crippen LogP contribution >= 0.6 is 15.9 Å². The summed E-state index contributed by atoms with van der Waals surface area (Å²) in [6, 6.07) is 7.33. The monoisotopic (exact) mass is 256 g/mol. The molecule has 0 saturated heterocycles. The molecule has 0 fully saturated rings. The van der Waals surface area contributed by atoms with Crippen LogP contribution in [-0.2, 0) is 4.79 Å². The first-order valence-electron chi connectivity index (χ1n) is 4.46. The van der Waals surface area contributed by atoms with Gasteiger partial charge in [0.05, 0.1) is 6.10 Å². The zero-order chi connectivity index (χ0) is 10.7. The summed E-state index contributed by atoms with van der Waals surface area (Å²) in [5, 5.41) is 9.81. The molecule has 0 aliphatic heterocycles. The van der Waals surface area contributed by atoms with Crippen molar-refractivity contribution in [2.24, 2.45) is 5.92 Å². The molecule has 0 radical (unpaired) electrons. The van der Waals surface area contributed by atoms with E-state index in [1.54, 1.807) is 6.92 Å². The van der Waals surface area contributed by atoms with Crippen molar-refractivity contribution in [3.05, 3.63) is 34.3 Å². The van der Waals surface area contributed by atoms with Crippen LogP contribution in [0.2, 0.25) is 0 Å². The van der Waals surface area contributed by atoms with Crippen LogP contribution in [0.4, 0.5) is 0 Å². The summed E-state index contributed by atoms with van der Waals surface area (Å²) in [6.45, 7) is 3.22. The van der Waals surface area contributed by atoms with Crippen molar-refractivity contribution in [2.45, 2.75) is 20.0 Å². The fraction of sp³-hybridized carbons (Fsp3) is 0.364. The van der Waals surface area contributed by atoms with Crippen LogP contribution in [0.15, 0.2) is 28.7 Å². The third-order valence-electron chi connectivity index (χ3n) is 2.33. The highest BCUT2D eigenvalue weighted by atomic mass is 79.9. The fourth-order valence-electron chi connectivity index (χ4n) is 1.17. The number of rotatable bonds is 3. The van der Waals surface area contributed by atoms with Crippen LogP contribution in [0.25, 0.3) is 0 Å². The molecule has 2 atom stereocenters. The Labute approximate surface area is 92.1 Å². The molecule has 1 aromatic carbocycles. The molecule has 0 aromatic heterocycles. The largest absolute Gasteiger partial charge is 0.388 e. The van der Waals surface area contributed by atoms with Gasteiger partial charge >= 0.3 is 0 Å². The molecular weight excluding hydrogens is 244 g/mol. The molecule has 1 rings (SSSR count). The van der Waals surface area contributed by atoms with Gasteiger partial charge in [0.1, 0.15) is 5.78 Å². The topological polar surface area (TPSA) is 37.3 Å². The molecule has 76 valence electrons. The molecule has 0 heterocycles. The lowest BCUT2D eigenvalue weighted by Gasteiger charge is -2.16. The van der Waals surface area contributed by atoms with Crippen LogP contribution in [0.3, 0.4) is 0 Å². The van der Waals surface area contributed by atoms with Crippen molar-refractivity contribution < 1.29 is 9.90 Å². The van der Waals surface area contributed by atoms with Crippen LogP contribution < -0.4 is 0 Å². The first kappa shape index (κ1) is 11.4. The Kier molecular flexibility index (Phi) is 3.84. The van der Waals surface area contributed by atoms with Crippen LogP contribution in [0.1, 0.15) is 25.5 Å². The molecule has 1 aromatic rings. The second-order valence-electron chi connectivity index (χ2n) is 3.40. The minimum absolute atomic E-state index is 0.000388. The van der Waals surface area contributed by atoms with Crippen molar-refractivity contribution in [3.63, 3.8) is 0 Å². The van der Waals surface area contributed by atoms with Crippen LogP contribution in [0, 0.1) is 5.92 Å². The predicted octanol–water partition coefficient (Wildman–Crippen LogP) is 2.71. The van der Waals surface area contributed by atoms with Gasteiger partial charge in [0.2, 0.25) is 0 Å². The Balaban J connectivity index is 2.84. The van der Waals surface area contributed by atoms with Gasteiger partial charge in [-0.2, -0.15) is 0 Å². The number of hydrogen-bond acceptors (Lipinski definition) is 2. The Bertz CT molecular complexity index is 319. The summed E-state index contributed by atoms with van der Waals surface area (Å²) in [6.07, 6.45) is -0.708. The van der Waals surface area contributed by atoms with E-state index in [2.05, 4.69) is 15.9 Å². The van der Waals surface area contributed by atoms with Gasteiger partial charge in [-0.15, -0.1) is 0 Å². The van der Waals surface area contributed by atoms with E-state index < -0.39 is 6.10 Å². The third-order valence-corrected chi connectivity index (χ3v) is 2.86. The number of aliphatic hydroxyl groups is 1. The van der Waals surface area contributed by atoms with E-state index in [4.69, 9.17) is 0 Å². The van der Waals surface area contributed by atoms with E-state index in [1.807, 2.05) is 24.3 Å². The molecule has 0 amide bonds. The van der Waals surface area contributed by atoms with E-state index >= 15 is 0 Å². The van der Waals surface area contributed by atoms with Crippen LogP contribution in [-0.4, -0.2) is 10.9 Å². The predicted molar refractivity (Wildman–Crippen MR) is 58.9 cm³/mol. The fourth-order valence-corrected chi connectivity index (χ4v) is 1.44. The maximum absolute atomic E-state index is 11.1. The van der Waals surface area contributed by atoms with E-state index in [9.17, 15) is 9.90 Å². The summed E-state index contributed by atoms with van der Waals surface area (Å²) in [4.78, 5) is 11.1. The molecule has 14 heavy (non-hydrogen) atoms. The lowest BCUT2D eigenvalue weighted by atomic mass is 9.95. The molecule has 1 N–H and O–H groups in total. The van der Waals surface area contributed by atoms with Gasteiger partial charge in [0, 0.05) is 10.4 Å². The molecule has 3 heteroatoms. The zero-order valence-corrected chi connectivity index (χ0v) is 9.78. The minimum atomic E-state index is -0.708. The lowest BCUT2D eigenvalue weighted by molar-refractivity contribution is -0.123. The number of hydrogen-bond donors (Lipinski definition) is 1. The third kappa shape index (κ3) is 2.66. The zero-order valence-electron chi connectivity index (χ0n) is 8.20. The molecule has 0 aliphatic carbocycles. The number of ketones is 1. The number of carbonyl (C=O) groups excluding carboxylic acids is 1. The molecule has 2 nitrogen and oxygen atoms in total. The van der Waals surface area contributed by atoms with Gasteiger partial charge in [0.25, 0.3) is 0 Å². The molecule has 0 unspecified atom stereocenters. The second-order valence-corrected chi connectivity index (χ2v) is 4.31. The van der Waals surface area contributed by atoms with Crippen molar-refractivity contribution in [1.29, 1.82) is 0 Å². The number of Topliss-reactive ketones (excluding diaryl/α,β-unsaturated/α-hetero) is 1. The first-order valence-corrected chi connectivity index (χ1v) is 5.25. The summed E-state index contributed by atoms with van der Waals surface area (Å²) >= 11 is 3.31. The van der Waals surface area contributed by atoms with Gasteiger partial charge in [0.15, 0.2) is 0 Å². The van der Waals surface area contributed by atoms with Crippen molar-refractivity contribution in [3.8, 4) is 0 Å².